The van der Waals surface area contributed by atoms with Crippen LogP contribution in [-0.2, 0) is 12.7 Å². The normalized spacial score (nSPS) is 14.6. The molecule has 3 aromatic carbocycles. The third-order valence-corrected chi connectivity index (χ3v) is 6.44. The summed E-state index contributed by atoms with van der Waals surface area (Å²) in [4.78, 5) is 6.78. The fourth-order valence-electron chi connectivity index (χ4n) is 4.49. The van der Waals surface area contributed by atoms with E-state index in [1.807, 2.05) is 36.4 Å². The standard InChI is InChI=1S/C27H23ClF3N3/c28-21-7-9-24-25(11-12-32-26(24)16-21)33-22-8-10-23(19(15-22)17-34-13-1-2-14-34)18-3-5-20(6-4-18)27(29,30)31/h3-12,15-16H,1-2,13-14,17H2,(H,32,33). The van der Waals surface area contributed by atoms with Crippen molar-refractivity contribution in [2.75, 3.05) is 18.4 Å². The van der Waals surface area contributed by atoms with Crippen LogP contribution in [0.3, 0.4) is 0 Å². The van der Waals surface area contributed by atoms with E-state index in [0.717, 1.165) is 70.7 Å². The molecular weight excluding hydrogens is 459 g/mol. The predicted molar refractivity (Wildman–Crippen MR) is 131 cm³/mol. The van der Waals surface area contributed by atoms with Gasteiger partial charge in [0.15, 0.2) is 0 Å². The van der Waals surface area contributed by atoms with Gasteiger partial charge in [-0.25, -0.2) is 0 Å². The lowest BCUT2D eigenvalue weighted by Gasteiger charge is -2.20. The maximum absolute atomic E-state index is 13.0. The average molecular weight is 482 g/mol. The highest BCUT2D eigenvalue weighted by atomic mass is 35.5. The number of halogens is 4. The average Bonchev–Trinajstić information content (AvgIpc) is 3.32. The third kappa shape index (κ3) is 4.88. The minimum absolute atomic E-state index is 0.631. The summed E-state index contributed by atoms with van der Waals surface area (Å²) in [6.07, 6.45) is -0.275. The number of alkyl halides is 3. The number of likely N-dealkylation sites (tertiary alicyclic amines) is 1. The van der Waals surface area contributed by atoms with E-state index in [2.05, 4.69) is 21.3 Å². The molecule has 1 aliphatic rings. The Morgan fingerprint density at radius 3 is 2.41 bits per heavy atom. The second-order valence-corrected chi connectivity index (χ2v) is 9.01. The zero-order valence-electron chi connectivity index (χ0n) is 18.4. The molecule has 0 aliphatic carbocycles. The summed E-state index contributed by atoms with van der Waals surface area (Å²) in [5, 5.41) is 5.08. The highest BCUT2D eigenvalue weighted by molar-refractivity contribution is 6.31. The Bertz CT molecular complexity index is 1310. The van der Waals surface area contributed by atoms with Crippen molar-refractivity contribution in [2.24, 2.45) is 0 Å². The maximum atomic E-state index is 13.0. The molecule has 0 spiro atoms. The van der Waals surface area contributed by atoms with Crippen LogP contribution in [0.5, 0.6) is 0 Å². The molecular formula is C27H23ClF3N3. The van der Waals surface area contributed by atoms with Gasteiger partial charge in [0.25, 0.3) is 0 Å². The SMILES string of the molecule is FC(F)(F)c1ccc(-c2ccc(Nc3ccnc4cc(Cl)ccc34)cc2CN2CCCC2)cc1. The number of benzene rings is 3. The van der Waals surface area contributed by atoms with Gasteiger partial charge in [-0.1, -0.05) is 29.8 Å². The van der Waals surface area contributed by atoms with Crippen LogP contribution >= 0.6 is 11.6 Å². The van der Waals surface area contributed by atoms with Crippen molar-refractivity contribution in [1.82, 2.24) is 9.88 Å². The molecule has 5 rings (SSSR count). The number of nitrogens with one attached hydrogen (secondary N) is 1. The molecule has 2 heterocycles. The van der Waals surface area contributed by atoms with Crippen molar-refractivity contribution >= 4 is 33.9 Å². The van der Waals surface area contributed by atoms with E-state index < -0.39 is 11.7 Å². The Labute approximate surface area is 201 Å². The first-order chi connectivity index (χ1) is 16.4. The van der Waals surface area contributed by atoms with Crippen LogP contribution in [0.25, 0.3) is 22.0 Å². The van der Waals surface area contributed by atoms with Crippen molar-refractivity contribution in [1.29, 1.82) is 0 Å². The lowest BCUT2D eigenvalue weighted by molar-refractivity contribution is -0.137. The molecule has 0 unspecified atom stereocenters. The van der Waals surface area contributed by atoms with Crippen LogP contribution < -0.4 is 5.32 Å². The highest BCUT2D eigenvalue weighted by Crippen LogP contribution is 2.34. The quantitative estimate of drug-likeness (QED) is 0.314. The van der Waals surface area contributed by atoms with Gasteiger partial charge in [-0.3, -0.25) is 9.88 Å². The number of anilines is 2. The van der Waals surface area contributed by atoms with Crippen LogP contribution in [0.15, 0.2) is 72.9 Å². The van der Waals surface area contributed by atoms with Crippen LogP contribution in [0, 0.1) is 0 Å². The first-order valence-corrected chi connectivity index (χ1v) is 11.6. The van der Waals surface area contributed by atoms with Gasteiger partial charge in [0.2, 0.25) is 0 Å². The molecule has 1 fully saturated rings. The second-order valence-electron chi connectivity index (χ2n) is 8.58. The Balaban J connectivity index is 1.50. The number of nitrogens with zero attached hydrogens (tertiary/aromatic N) is 2. The predicted octanol–water partition coefficient (Wildman–Crippen LogP) is 7.91. The van der Waals surface area contributed by atoms with Gasteiger partial charge in [0.1, 0.15) is 0 Å². The minimum Gasteiger partial charge on any atom is -0.355 e. The van der Waals surface area contributed by atoms with Crippen LogP contribution in [0.2, 0.25) is 5.02 Å². The van der Waals surface area contributed by atoms with Crippen LogP contribution in [-0.4, -0.2) is 23.0 Å². The van der Waals surface area contributed by atoms with Gasteiger partial charge in [-0.15, -0.1) is 0 Å². The van der Waals surface area contributed by atoms with E-state index in [9.17, 15) is 13.2 Å². The minimum atomic E-state index is -4.35. The molecule has 0 bridgehead atoms. The van der Waals surface area contributed by atoms with Crippen molar-refractivity contribution in [3.8, 4) is 11.1 Å². The van der Waals surface area contributed by atoms with Crippen LogP contribution in [0.1, 0.15) is 24.0 Å². The number of hydrogen-bond acceptors (Lipinski definition) is 3. The molecule has 3 nitrogen and oxygen atoms in total. The van der Waals surface area contributed by atoms with Crippen molar-refractivity contribution in [3.05, 3.63) is 89.1 Å². The van der Waals surface area contributed by atoms with Gasteiger partial charge in [-0.05, 0) is 91.2 Å². The van der Waals surface area contributed by atoms with E-state index in [0.29, 0.717) is 5.02 Å². The summed E-state index contributed by atoms with van der Waals surface area (Å²) >= 11 is 6.12. The van der Waals surface area contributed by atoms with Gasteiger partial charge in [-0.2, -0.15) is 13.2 Å². The molecule has 7 heteroatoms. The summed E-state index contributed by atoms with van der Waals surface area (Å²) in [5.74, 6) is 0. The summed E-state index contributed by atoms with van der Waals surface area (Å²) < 4.78 is 39.1. The molecule has 1 aliphatic heterocycles. The molecule has 174 valence electrons. The molecule has 0 atom stereocenters. The van der Waals surface area contributed by atoms with E-state index in [4.69, 9.17) is 11.6 Å². The number of hydrogen-bond donors (Lipinski definition) is 1. The monoisotopic (exact) mass is 481 g/mol. The fraction of sp³-hybridized carbons (Fsp3) is 0.222. The van der Waals surface area contributed by atoms with Crippen molar-refractivity contribution in [3.63, 3.8) is 0 Å². The second kappa shape index (κ2) is 9.28. The van der Waals surface area contributed by atoms with Gasteiger partial charge < -0.3 is 5.32 Å². The molecule has 1 aromatic heterocycles. The lowest BCUT2D eigenvalue weighted by Crippen LogP contribution is -2.19. The number of pyridine rings is 1. The Hall–Kier alpha value is -3.09. The Morgan fingerprint density at radius 1 is 0.912 bits per heavy atom. The zero-order chi connectivity index (χ0) is 23.7. The summed E-state index contributed by atoms with van der Waals surface area (Å²) in [6.45, 7) is 2.80. The summed E-state index contributed by atoms with van der Waals surface area (Å²) in [5.41, 5.74) is 4.78. The molecule has 1 N–H and O–H groups in total. The summed E-state index contributed by atoms with van der Waals surface area (Å²) in [7, 11) is 0. The van der Waals surface area contributed by atoms with Crippen molar-refractivity contribution in [2.45, 2.75) is 25.6 Å². The van der Waals surface area contributed by atoms with E-state index in [1.165, 1.54) is 12.8 Å². The number of fused-ring (bicyclic) bond motifs is 1. The topological polar surface area (TPSA) is 28.2 Å². The summed E-state index contributed by atoms with van der Waals surface area (Å²) in [6, 6.07) is 19.0. The first kappa shape index (κ1) is 22.7. The molecule has 1 saturated heterocycles. The zero-order valence-corrected chi connectivity index (χ0v) is 19.1. The number of rotatable bonds is 5. The smallest absolute Gasteiger partial charge is 0.355 e. The largest absolute Gasteiger partial charge is 0.416 e. The highest BCUT2D eigenvalue weighted by Gasteiger charge is 2.30. The van der Waals surface area contributed by atoms with Crippen molar-refractivity contribution < 1.29 is 13.2 Å². The van der Waals surface area contributed by atoms with E-state index in [1.54, 1.807) is 18.3 Å². The van der Waals surface area contributed by atoms with E-state index >= 15 is 0 Å². The van der Waals surface area contributed by atoms with Gasteiger partial charge >= 0.3 is 6.18 Å². The number of aromatic nitrogens is 1. The molecule has 0 radical (unpaired) electrons. The van der Waals surface area contributed by atoms with Gasteiger partial charge in [0, 0.05) is 34.5 Å². The third-order valence-electron chi connectivity index (χ3n) is 6.20. The maximum Gasteiger partial charge on any atom is 0.416 e. The molecule has 4 aromatic rings. The molecule has 34 heavy (non-hydrogen) atoms. The molecule has 0 saturated carbocycles. The Kier molecular flexibility index (Phi) is 6.19. The molecule has 0 amide bonds. The van der Waals surface area contributed by atoms with Gasteiger partial charge in [0.05, 0.1) is 11.1 Å². The Morgan fingerprint density at radius 2 is 1.68 bits per heavy atom. The van der Waals surface area contributed by atoms with E-state index in [-0.39, 0.29) is 0 Å². The van der Waals surface area contributed by atoms with Crippen LogP contribution in [0.4, 0.5) is 24.5 Å². The fourth-order valence-corrected chi connectivity index (χ4v) is 4.66. The lowest BCUT2D eigenvalue weighted by atomic mass is 9.97. The first-order valence-electron chi connectivity index (χ1n) is 11.2.